The molecule has 122 valence electrons. The van der Waals surface area contributed by atoms with Crippen molar-refractivity contribution in [1.29, 1.82) is 0 Å². The highest BCUT2D eigenvalue weighted by Gasteiger charge is 2.32. The third-order valence-corrected chi connectivity index (χ3v) is 4.49. The zero-order valence-corrected chi connectivity index (χ0v) is 14.7. The summed E-state index contributed by atoms with van der Waals surface area (Å²) in [6.45, 7) is 7.64. The van der Waals surface area contributed by atoms with Crippen molar-refractivity contribution in [1.82, 2.24) is 0 Å². The van der Waals surface area contributed by atoms with Gasteiger partial charge in [-0.2, -0.15) is 12.6 Å². The number of aromatic hydroxyl groups is 1. The van der Waals surface area contributed by atoms with Crippen molar-refractivity contribution >= 4 is 24.2 Å². The molecule has 0 saturated carbocycles. The Balaban J connectivity index is 2.91. The minimum Gasteiger partial charge on any atom is -0.508 e. The van der Waals surface area contributed by atoms with Crippen molar-refractivity contribution < 1.29 is 14.7 Å². The first-order valence-corrected chi connectivity index (χ1v) is 8.20. The molecule has 0 saturated heterocycles. The van der Waals surface area contributed by atoms with Crippen LogP contribution in [0.3, 0.4) is 0 Å². The Hall–Kier alpha value is -1.29. The lowest BCUT2D eigenvalue weighted by Gasteiger charge is -2.30. The molecule has 0 fully saturated rings. The molecule has 0 heterocycles. The zero-order chi connectivity index (χ0) is 16.9. The molecular formula is C18H26O3S. The van der Waals surface area contributed by atoms with Crippen LogP contribution in [0.15, 0.2) is 24.3 Å². The summed E-state index contributed by atoms with van der Waals surface area (Å²) in [5.74, 6) is 0.265. The Bertz CT molecular complexity index is 514. The van der Waals surface area contributed by atoms with E-state index >= 15 is 0 Å². The number of Topliss-reactive ketones (excluding diaryl/α,β-unsaturated/α-hetero) is 2. The van der Waals surface area contributed by atoms with Gasteiger partial charge in [-0.25, -0.2) is 0 Å². The third kappa shape index (κ3) is 5.48. The number of thiol groups is 1. The number of benzene rings is 1. The van der Waals surface area contributed by atoms with E-state index in [1.165, 1.54) is 6.92 Å². The van der Waals surface area contributed by atoms with Gasteiger partial charge < -0.3 is 5.11 Å². The van der Waals surface area contributed by atoms with Crippen molar-refractivity contribution in [3.8, 4) is 5.75 Å². The zero-order valence-electron chi connectivity index (χ0n) is 13.8. The summed E-state index contributed by atoms with van der Waals surface area (Å²) in [4.78, 5) is 24.2. The standard InChI is InChI=1S/C18H26O3S/c1-12(19)14(11-22)10-17(21)16(18(2,3)4)9-13-5-7-15(20)8-6-13/h5-8,14,16,20,22H,9-11H2,1-4H3. The number of phenols is 1. The van der Waals surface area contributed by atoms with Crippen molar-refractivity contribution in [3.63, 3.8) is 0 Å². The van der Waals surface area contributed by atoms with Gasteiger partial charge in [0.1, 0.15) is 17.3 Å². The van der Waals surface area contributed by atoms with Gasteiger partial charge in [0.25, 0.3) is 0 Å². The summed E-state index contributed by atoms with van der Waals surface area (Å²) < 4.78 is 0. The molecule has 1 aromatic carbocycles. The maximum absolute atomic E-state index is 12.7. The van der Waals surface area contributed by atoms with Crippen LogP contribution in [-0.2, 0) is 16.0 Å². The first kappa shape index (κ1) is 18.8. The van der Waals surface area contributed by atoms with Crippen LogP contribution >= 0.6 is 12.6 Å². The molecule has 1 rings (SSSR count). The second-order valence-electron chi connectivity index (χ2n) is 6.95. The second-order valence-corrected chi connectivity index (χ2v) is 7.31. The maximum Gasteiger partial charge on any atom is 0.137 e. The molecule has 3 nitrogen and oxygen atoms in total. The topological polar surface area (TPSA) is 54.4 Å². The van der Waals surface area contributed by atoms with Gasteiger partial charge in [0.05, 0.1) is 0 Å². The normalized spacial score (nSPS) is 14.4. The van der Waals surface area contributed by atoms with Crippen molar-refractivity contribution in [3.05, 3.63) is 29.8 Å². The van der Waals surface area contributed by atoms with Gasteiger partial charge in [0.15, 0.2) is 0 Å². The molecule has 0 aliphatic carbocycles. The van der Waals surface area contributed by atoms with E-state index in [9.17, 15) is 14.7 Å². The Labute approximate surface area is 138 Å². The minimum absolute atomic E-state index is 0.0145. The molecule has 0 aliphatic rings. The van der Waals surface area contributed by atoms with E-state index < -0.39 is 0 Å². The smallest absolute Gasteiger partial charge is 0.137 e. The summed E-state index contributed by atoms with van der Waals surface area (Å²) in [5.41, 5.74) is 0.823. The van der Waals surface area contributed by atoms with E-state index in [1.54, 1.807) is 12.1 Å². The minimum atomic E-state index is -0.305. The first-order valence-electron chi connectivity index (χ1n) is 7.57. The van der Waals surface area contributed by atoms with Gasteiger partial charge in [-0.3, -0.25) is 9.59 Å². The van der Waals surface area contributed by atoms with E-state index in [4.69, 9.17) is 0 Å². The summed E-state index contributed by atoms with van der Waals surface area (Å²) in [6.07, 6.45) is 0.860. The number of hydrogen-bond acceptors (Lipinski definition) is 4. The lowest BCUT2D eigenvalue weighted by atomic mass is 9.73. The number of rotatable bonds is 7. The quantitative estimate of drug-likeness (QED) is 0.753. The molecule has 0 amide bonds. The van der Waals surface area contributed by atoms with Crippen LogP contribution in [0.4, 0.5) is 0 Å². The van der Waals surface area contributed by atoms with Crippen LogP contribution in [0, 0.1) is 17.3 Å². The SMILES string of the molecule is CC(=O)C(CS)CC(=O)C(Cc1ccc(O)cc1)C(C)(C)C. The Morgan fingerprint density at radius 3 is 2.14 bits per heavy atom. The molecule has 2 unspecified atom stereocenters. The van der Waals surface area contributed by atoms with Gasteiger partial charge in [0.2, 0.25) is 0 Å². The van der Waals surface area contributed by atoms with Gasteiger partial charge in [-0.15, -0.1) is 0 Å². The summed E-state index contributed by atoms with van der Waals surface area (Å²) >= 11 is 4.18. The number of hydrogen-bond donors (Lipinski definition) is 2. The first-order chi connectivity index (χ1) is 10.1. The van der Waals surface area contributed by atoms with Gasteiger partial charge in [-0.05, 0) is 36.5 Å². The van der Waals surface area contributed by atoms with Crippen LogP contribution in [0.5, 0.6) is 5.75 Å². The molecule has 0 radical (unpaired) electrons. The van der Waals surface area contributed by atoms with Crippen LogP contribution in [-0.4, -0.2) is 22.4 Å². The van der Waals surface area contributed by atoms with Crippen LogP contribution in [0.2, 0.25) is 0 Å². The molecule has 0 spiro atoms. The lowest BCUT2D eigenvalue weighted by molar-refractivity contribution is -0.130. The van der Waals surface area contributed by atoms with E-state index in [0.717, 1.165) is 5.56 Å². The number of phenolic OH excluding ortho intramolecular Hbond substituents is 1. The fourth-order valence-corrected chi connectivity index (χ4v) is 2.88. The highest BCUT2D eigenvalue weighted by molar-refractivity contribution is 7.80. The monoisotopic (exact) mass is 322 g/mol. The van der Waals surface area contributed by atoms with Gasteiger partial charge in [0, 0.05) is 24.0 Å². The molecule has 1 N–H and O–H groups in total. The fraction of sp³-hybridized carbons (Fsp3) is 0.556. The highest BCUT2D eigenvalue weighted by atomic mass is 32.1. The fourth-order valence-electron chi connectivity index (χ4n) is 2.49. The molecule has 22 heavy (non-hydrogen) atoms. The van der Waals surface area contributed by atoms with Crippen molar-refractivity contribution in [2.45, 2.75) is 40.5 Å². The summed E-state index contributed by atoms with van der Waals surface area (Å²) in [6, 6.07) is 6.93. The molecule has 0 aliphatic heterocycles. The molecule has 0 bridgehead atoms. The average molecular weight is 322 g/mol. The third-order valence-electron chi connectivity index (χ3n) is 4.05. The predicted molar refractivity (Wildman–Crippen MR) is 92.4 cm³/mol. The molecule has 2 atom stereocenters. The van der Waals surface area contributed by atoms with Crippen molar-refractivity contribution in [2.75, 3.05) is 5.75 Å². The van der Waals surface area contributed by atoms with Crippen LogP contribution < -0.4 is 0 Å². The molecule has 1 aromatic rings. The molecule has 4 heteroatoms. The number of carbonyl (C=O) groups excluding carboxylic acids is 2. The average Bonchev–Trinajstić information content (AvgIpc) is 2.42. The predicted octanol–water partition coefficient (Wildman–Crippen LogP) is 3.69. The second kappa shape index (κ2) is 7.82. The lowest BCUT2D eigenvalue weighted by Crippen LogP contribution is -2.33. The largest absolute Gasteiger partial charge is 0.508 e. The van der Waals surface area contributed by atoms with Crippen LogP contribution in [0.1, 0.15) is 39.7 Å². The Morgan fingerprint density at radius 1 is 1.18 bits per heavy atom. The van der Waals surface area contributed by atoms with E-state index in [0.29, 0.717) is 12.2 Å². The summed E-state index contributed by atoms with van der Waals surface area (Å²) in [7, 11) is 0. The van der Waals surface area contributed by atoms with Gasteiger partial charge in [-0.1, -0.05) is 32.9 Å². The van der Waals surface area contributed by atoms with Crippen molar-refractivity contribution in [2.24, 2.45) is 17.3 Å². The highest BCUT2D eigenvalue weighted by Crippen LogP contribution is 2.32. The number of carbonyl (C=O) groups is 2. The van der Waals surface area contributed by atoms with Crippen LogP contribution in [0.25, 0.3) is 0 Å². The van der Waals surface area contributed by atoms with Gasteiger partial charge >= 0.3 is 0 Å². The molecule has 0 aromatic heterocycles. The van der Waals surface area contributed by atoms with E-state index in [1.807, 2.05) is 32.9 Å². The van der Waals surface area contributed by atoms with E-state index in [-0.39, 0.29) is 41.0 Å². The number of ketones is 2. The Morgan fingerprint density at radius 2 is 1.73 bits per heavy atom. The molecular weight excluding hydrogens is 296 g/mol. The summed E-state index contributed by atoms with van der Waals surface area (Å²) in [5, 5.41) is 9.36. The Kier molecular flexibility index (Phi) is 6.66. The van der Waals surface area contributed by atoms with E-state index in [2.05, 4.69) is 12.6 Å². The maximum atomic E-state index is 12.7.